The molecule has 0 aromatic heterocycles. The zero-order valence-electron chi connectivity index (χ0n) is 13.2. The highest BCUT2D eigenvalue weighted by molar-refractivity contribution is 5.85. The number of likely N-dealkylation sites (tertiary alicyclic amines) is 1. The van der Waals surface area contributed by atoms with E-state index in [1.807, 2.05) is 30.3 Å². The Balaban J connectivity index is 0.00000242. The fourth-order valence-corrected chi connectivity index (χ4v) is 2.65. The maximum Gasteiger partial charge on any atom is 0.119 e. The molecule has 0 radical (unpaired) electrons. The van der Waals surface area contributed by atoms with E-state index >= 15 is 0 Å². The smallest absolute Gasteiger partial charge is 0.119 e. The van der Waals surface area contributed by atoms with E-state index in [9.17, 15) is 5.11 Å². The van der Waals surface area contributed by atoms with Crippen molar-refractivity contribution in [3.05, 3.63) is 30.3 Å². The van der Waals surface area contributed by atoms with E-state index in [1.54, 1.807) is 0 Å². The van der Waals surface area contributed by atoms with Crippen molar-refractivity contribution < 1.29 is 9.84 Å². The highest BCUT2D eigenvalue weighted by Gasteiger charge is 2.09. The molecule has 1 atom stereocenters. The summed E-state index contributed by atoms with van der Waals surface area (Å²) in [6.45, 7) is 5.57. The Morgan fingerprint density at radius 3 is 2.59 bits per heavy atom. The average molecular weight is 329 g/mol. The number of hydrogen-bond donors (Lipinski definition) is 2. The molecule has 2 rings (SSSR count). The van der Waals surface area contributed by atoms with Gasteiger partial charge in [-0.15, -0.1) is 12.4 Å². The molecule has 0 aliphatic carbocycles. The molecule has 0 bridgehead atoms. The van der Waals surface area contributed by atoms with Gasteiger partial charge in [0.2, 0.25) is 0 Å². The maximum atomic E-state index is 9.86. The minimum atomic E-state index is -0.458. The molecule has 0 saturated carbocycles. The van der Waals surface area contributed by atoms with Crippen LogP contribution < -0.4 is 10.1 Å². The molecule has 0 amide bonds. The SMILES string of the molecule is Cl.OC(CNCCCN1CCCCC1)COc1ccccc1. The number of para-hydroxylation sites is 1. The van der Waals surface area contributed by atoms with Gasteiger partial charge in [-0.25, -0.2) is 0 Å². The first-order chi connectivity index (χ1) is 10.3. The van der Waals surface area contributed by atoms with Gasteiger partial charge >= 0.3 is 0 Å². The number of nitrogens with one attached hydrogen (secondary N) is 1. The second-order valence-corrected chi connectivity index (χ2v) is 5.74. The number of ether oxygens (including phenoxy) is 1. The third-order valence-electron chi connectivity index (χ3n) is 3.84. The zero-order valence-corrected chi connectivity index (χ0v) is 14.1. The molecular formula is C17H29ClN2O2. The van der Waals surface area contributed by atoms with E-state index in [2.05, 4.69) is 10.2 Å². The molecule has 5 heteroatoms. The van der Waals surface area contributed by atoms with Crippen molar-refractivity contribution in [1.82, 2.24) is 10.2 Å². The average Bonchev–Trinajstić information content (AvgIpc) is 2.54. The Bertz CT molecular complexity index is 372. The number of rotatable bonds is 9. The van der Waals surface area contributed by atoms with Crippen molar-refractivity contribution in [2.75, 3.05) is 39.3 Å². The van der Waals surface area contributed by atoms with Crippen LogP contribution >= 0.6 is 12.4 Å². The summed E-state index contributed by atoms with van der Waals surface area (Å²) in [5.41, 5.74) is 0. The summed E-state index contributed by atoms with van der Waals surface area (Å²) in [5, 5.41) is 13.2. The molecule has 1 unspecified atom stereocenters. The predicted octanol–water partition coefficient (Wildman–Crippen LogP) is 2.31. The van der Waals surface area contributed by atoms with Crippen LogP contribution in [-0.4, -0.2) is 55.4 Å². The predicted molar refractivity (Wildman–Crippen MR) is 93.0 cm³/mol. The summed E-state index contributed by atoms with van der Waals surface area (Å²) in [6.07, 6.45) is 4.78. The van der Waals surface area contributed by atoms with Crippen LogP contribution in [0.4, 0.5) is 0 Å². The largest absolute Gasteiger partial charge is 0.491 e. The van der Waals surface area contributed by atoms with Crippen LogP contribution in [0.15, 0.2) is 30.3 Å². The number of halogens is 1. The molecule has 4 nitrogen and oxygen atoms in total. The monoisotopic (exact) mass is 328 g/mol. The standard InChI is InChI=1S/C17H28N2O2.ClH/c20-16(15-21-17-8-3-1-4-9-17)14-18-10-7-13-19-11-5-2-6-12-19;/h1,3-4,8-9,16,18,20H,2,5-7,10-15H2;1H. The Hall–Kier alpha value is -0.810. The zero-order chi connectivity index (χ0) is 14.8. The maximum absolute atomic E-state index is 9.86. The van der Waals surface area contributed by atoms with Crippen LogP contribution in [0.25, 0.3) is 0 Å². The van der Waals surface area contributed by atoms with E-state index in [1.165, 1.54) is 38.9 Å². The van der Waals surface area contributed by atoms with Crippen molar-refractivity contribution in [1.29, 1.82) is 0 Å². The van der Waals surface area contributed by atoms with Gasteiger partial charge in [0, 0.05) is 6.54 Å². The fourth-order valence-electron chi connectivity index (χ4n) is 2.65. The van der Waals surface area contributed by atoms with Crippen LogP contribution in [0, 0.1) is 0 Å². The fraction of sp³-hybridized carbons (Fsp3) is 0.647. The van der Waals surface area contributed by atoms with Gasteiger partial charge < -0.3 is 20.1 Å². The lowest BCUT2D eigenvalue weighted by atomic mass is 10.1. The van der Waals surface area contributed by atoms with Crippen molar-refractivity contribution in [2.24, 2.45) is 0 Å². The first kappa shape index (κ1) is 19.2. The van der Waals surface area contributed by atoms with Gasteiger partial charge in [-0.2, -0.15) is 0 Å². The normalized spacial score (nSPS) is 16.8. The second kappa shape index (κ2) is 11.7. The molecule has 1 heterocycles. The van der Waals surface area contributed by atoms with Crippen LogP contribution in [0.3, 0.4) is 0 Å². The molecule has 1 aliphatic rings. The topological polar surface area (TPSA) is 44.7 Å². The first-order valence-electron chi connectivity index (χ1n) is 8.13. The number of aliphatic hydroxyl groups excluding tert-OH is 1. The van der Waals surface area contributed by atoms with Gasteiger partial charge in [-0.1, -0.05) is 24.6 Å². The van der Waals surface area contributed by atoms with E-state index in [4.69, 9.17) is 4.74 Å². The van der Waals surface area contributed by atoms with E-state index in [0.29, 0.717) is 13.2 Å². The first-order valence-corrected chi connectivity index (χ1v) is 8.13. The minimum absolute atomic E-state index is 0. The van der Waals surface area contributed by atoms with Crippen LogP contribution in [0.2, 0.25) is 0 Å². The molecule has 1 aliphatic heterocycles. The molecule has 1 aromatic rings. The van der Waals surface area contributed by atoms with Crippen molar-refractivity contribution in [2.45, 2.75) is 31.8 Å². The molecule has 2 N–H and O–H groups in total. The van der Waals surface area contributed by atoms with Crippen molar-refractivity contribution in [3.63, 3.8) is 0 Å². The number of benzene rings is 1. The lowest BCUT2D eigenvalue weighted by Crippen LogP contribution is -2.35. The quantitative estimate of drug-likeness (QED) is 0.683. The lowest BCUT2D eigenvalue weighted by molar-refractivity contribution is 0.106. The van der Waals surface area contributed by atoms with Crippen LogP contribution in [-0.2, 0) is 0 Å². The van der Waals surface area contributed by atoms with Gasteiger partial charge in [0.1, 0.15) is 18.5 Å². The lowest BCUT2D eigenvalue weighted by Gasteiger charge is -2.26. The molecular weight excluding hydrogens is 300 g/mol. The van der Waals surface area contributed by atoms with E-state index < -0.39 is 6.10 Å². The van der Waals surface area contributed by atoms with E-state index in [0.717, 1.165) is 18.7 Å². The van der Waals surface area contributed by atoms with Gasteiger partial charge in [0.05, 0.1) is 0 Å². The minimum Gasteiger partial charge on any atom is -0.491 e. The molecule has 1 aromatic carbocycles. The summed E-state index contributed by atoms with van der Waals surface area (Å²) in [6, 6.07) is 9.62. The van der Waals surface area contributed by atoms with E-state index in [-0.39, 0.29) is 12.4 Å². The highest BCUT2D eigenvalue weighted by atomic mass is 35.5. The van der Waals surface area contributed by atoms with Crippen molar-refractivity contribution >= 4 is 12.4 Å². The Morgan fingerprint density at radius 2 is 1.86 bits per heavy atom. The number of nitrogens with zero attached hydrogens (tertiary/aromatic N) is 1. The summed E-state index contributed by atoms with van der Waals surface area (Å²) in [5.74, 6) is 0.807. The third-order valence-corrected chi connectivity index (χ3v) is 3.84. The second-order valence-electron chi connectivity index (χ2n) is 5.74. The highest BCUT2D eigenvalue weighted by Crippen LogP contribution is 2.09. The Kier molecular flexibility index (Phi) is 10.2. The van der Waals surface area contributed by atoms with Gasteiger partial charge in [0.15, 0.2) is 0 Å². The number of aliphatic hydroxyl groups is 1. The number of hydrogen-bond acceptors (Lipinski definition) is 4. The molecule has 126 valence electrons. The molecule has 22 heavy (non-hydrogen) atoms. The summed E-state index contributed by atoms with van der Waals surface area (Å²) in [4.78, 5) is 2.54. The Labute approximate surface area is 140 Å². The van der Waals surface area contributed by atoms with Gasteiger partial charge in [-0.05, 0) is 57.6 Å². The van der Waals surface area contributed by atoms with Gasteiger partial charge in [-0.3, -0.25) is 0 Å². The summed E-state index contributed by atoms with van der Waals surface area (Å²) >= 11 is 0. The molecule has 1 fully saturated rings. The van der Waals surface area contributed by atoms with Crippen LogP contribution in [0.5, 0.6) is 5.75 Å². The summed E-state index contributed by atoms with van der Waals surface area (Å²) in [7, 11) is 0. The number of piperidine rings is 1. The van der Waals surface area contributed by atoms with Crippen LogP contribution in [0.1, 0.15) is 25.7 Å². The summed E-state index contributed by atoms with van der Waals surface area (Å²) < 4.78 is 5.52. The van der Waals surface area contributed by atoms with Gasteiger partial charge in [0.25, 0.3) is 0 Å². The molecule has 1 saturated heterocycles. The van der Waals surface area contributed by atoms with Crippen molar-refractivity contribution in [3.8, 4) is 5.75 Å². The third kappa shape index (κ3) is 7.99. The Morgan fingerprint density at radius 1 is 1.14 bits per heavy atom. The molecule has 0 spiro atoms.